The summed E-state index contributed by atoms with van der Waals surface area (Å²) in [5, 5.41) is 0. The number of halogens is 2. The third kappa shape index (κ3) is 3.22. The standard InChI is InChI=1S/C6H9F2.Li/c7-5-1-2-6(8)4-3-5;/h1,5-6H,2-4H2;/q-1;+1. The van der Waals surface area contributed by atoms with Crippen molar-refractivity contribution >= 4 is 0 Å². The van der Waals surface area contributed by atoms with Crippen LogP contribution in [0.3, 0.4) is 0 Å². The quantitative estimate of drug-likeness (QED) is 0.290. The van der Waals surface area contributed by atoms with Gasteiger partial charge >= 0.3 is 18.9 Å². The van der Waals surface area contributed by atoms with Gasteiger partial charge in [0, 0.05) is 0 Å². The molecule has 0 heterocycles. The maximum Gasteiger partial charge on any atom is 1.00 e. The van der Waals surface area contributed by atoms with Crippen LogP contribution in [0.15, 0.2) is 0 Å². The molecular weight excluding hydrogens is 117 g/mol. The Labute approximate surface area is 66.2 Å². The summed E-state index contributed by atoms with van der Waals surface area (Å²) in [6.07, 6.45) is 0.873. The number of hydrogen-bond acceptors (Lipinski definition) is 0. The van der Waals surface area contributed by atoms with Gasteiger partial charge in [0.15, 0.2) is 0 Å². The van der Waals surface area contributed by atoms with Gasteiger partial charge in [0.1, 0.15) is 0 Å². The van der Waals surface area contributed by atoms with Gasteiger partial charge in [0.2, 0.25) is 0 Å². The molecule has 2 unspecified atom stereocenters. The number of rotatable bonds is 0. The van der Waals surface area contributed by atoms with Crippen molar-refractivity contribution in [3.05, 3.63) is 6.42 Å². The minimum absolute atomic E-state index is 0. The van der Waals surface area contributed by atoms with E-state index in [4.69, 9.17) is 0 Å². The molecule has 0 aromatic rings. The molecule has 1 rings (SSSR count). The largest absolute Gasteiger partial charge is 1.00 e. The van der Waals surface area contributed by atoms with Crippen LogP contribution in [-0.2, 0) is 0 Å². The summed E-state index contributed by atoms with van der Waals surface area (Å²) in [4.78, 5) is 0. The maximum absolute atomic E-state index is 12.2. The zero-order valence-corrected chi connectivity index (χ0v) is 5.61. The first-order valence-electron chi connectivity index (χ1n) is 2.90. The van der Waals surface area contributed by atoms with Crippen LogP contribution in [0.4, 0.5) is 8.78 Å². The second-order valence-corrected chi connectivity index (χ2v) is 2.16. The Morgan fingerprint density at radius 2 is 1.89 bits per heavy atom. The van der Waals surface area contributed by atoms with E-state index in [1.807, 2.05) is 0 Å². The Morgan fingerprint density at radius 1 is 1.22 bits per heavy atom. The van der Waals surface area contributed by atoms with Crippen molar-refractivity contribution in [3.8, 4) is 0 Å². The molecule has 0 aromatic heterocycles. The first-order valence-corrected chi connectivity index (χ1v) is 2.90. The molecule has 0 aromatic carbocycles. The van der Waals surface area contributed by atoms with E-state index in [9.17, 15) is 8.78 Å². The van der Waals surface area contributed by atoms with E-state index in [0.717, 1.165) is 0 Å². The summed E-state index contributed by atoms with van der Waals surface area (Å²) in [5.41, 5.74) is 0. The summed E-state index contributed by atoms with van der Waals surface area (Å²) < 4.78 is 24.3. The summed E-state index contributed by atoms with van der Waals surface area (Å²) in [5.74, 6) is 0. The second-order valence-electron chi connectivity index (χ2n) is 2.16. The van der Waals surface area contributed by atoms with Gasteiger partial charge in [-0.2, -0.15) is 0 Å². The van der Waals surface area contributed by atoms with E-state index < -0.39 is 12.3 Å². The van der Waals surface area contributed by atoms with Gasteiger partial charge in [-0.1, -0.05) is 0 Å². The Bertz CT molecular complexity index is 59.5. The number of hydrogen-bond donors (Lipinski definition) is 0. The van der Waals surface area contributed by atoms with E-state index in [2.05, 4.69) is 0 Å². The minimum atomic E-state index is -0.845. The zero-order chi connectivity index (χ0) is 5.98. The minimum Gasteiger partial charge on any atom is -0.292 e. The maximum atomic E-state index is 12.2. The molecule has 0 bridgehead atoms. The number of alkyl halides is 2. The van der Waals surface area contributed by atoms with Crippen molar-refractivity contribution in [1.82, 2.24) is 0 Å². The molecular formula is C6H9F2Li. The van der Waals surface area contributed by atoms with E-state index in [-0.39, 0.29) is 18.9 Å². The molecule has 48 valence electrons. The SMILES string of the molecule is FC1[CH-]CC(F)CC1.[Li+]. The monoisotopic (exact) mass is 126 g/mol. The predicted octanol–water partition coefficient (Wildman–Crippen LogP) is -0.945. The van der Waals surface area contributed by atoms with Gasteiger partial charge in [0.05, 0.1) is 6.17 Å². The van der Waals surface area contributed by atoms with Crippen molar-refractivity contribution in [2.45, 2.75) is 31.6 Å². The van der Waals surface area contributed by atoms with E-state index in [1.165, 1.54) is 6.42 Å². The third-order valence-electron chi connectivity index (χ3n) is 1.40. The smallest absolute Gasteiger partial charge is 0.292 e. The van der Waals surface area contributed by atoms with Crippen LogP contribution >= 0.6 is 0 Å². The van der Waals surface area contributed by atoms with Gasteiger partial charge in [-0.05, 0) is 19.0 Å². The summed E-state index contributed by atoms with van der Waals surface area (Å²) in [6, 6.07) is 0. The van der Waals surface area contributed by atoms with Crippen LogP contribution in [0.5, 0.6) is 0 Å². The van der Waals surface area contributed by atoms with E-state index in [0.29, 0.717) is 19.3 Å². The Morgan fingerprint density at radius 3 is 2.22 bits per heavy atom. The van der Waals surface area contributed by atoms with Crippen molar-refractivity contribution < 1.29 is 27.6 Å². The molecule has 0 spiro atoms. The zero-order valence-electron chi connectivity index (χ0n) is 5.61. The van der Waals surface area contributed by atoms with Gasteiger partial charge in [-0.3, -0.25) is 15.2 Å². The molecule has 1 fully saturated rings. The fourth-order valence-electron chi connectivity index (χ4n) is 0.871. The van der Waals surface area contributed by atoms with Gasteiger partial charge in [0.25, 0.3) is 0 Å². The van der Waals surface area contributed by atoms with Crippen LogP contribution in [-0.4, -0.2) is 12.3 Å². The van der Waals surface area contributed by atoms with Gasteiger partial charge < -0.3 is 0 Å². The fourth-order valence-corrected chi connectivity index (χ4v) is 0.871. The molecule has 0 aliphatic heterocycles. The fraction of sp³-hybridized carbons (Fsp3) is 0.833. The first kappa shape index (κ1) is 9.46. The van der Waals surface area contributed by atoms with Crippen molar-refractivity contribution in [3.63, 3.8) is 0 Å². The molecule has 3 heteroatoms. The topological polar surface area (TPSA) is 0 Å². The second kappa shape index (κ2) is 4.30. The first-order chi connectivity index (χ1) is 3.79. The van der Waals surface area contributed by atoms with Crippen LogP contribution in [0.25, 0.3) is 0 Å². The van der Waals surface area contributed by atoms with Crippen LogP contribution in [0, 0.1) is 6.42 Å². The van der Waals surface area contributed by atoms with Crippen molar-refractivity contribution in [1.29, 1.82) is 0 Å². The molecule has 0 N–H and O–H groups in total. The average Bonchev–Trinajstić information content (AvgIpc) is 1.77. The van der Waals surface area contributed by atoms with Gasteiger partial charge in [-0.15, -0.1) is 6.42 Å². The average molecular weight is 126 g/mol. The molecule has 9 heavy (non-hydrogen) atoms. The summed E-state index contributed by atoms with van der Waals surface area (Å²) in [6.45, 7) is 0. The van der Waals surface area contributed by atoms with E-state index in [1.54, 1.807) is 0 Å². The molecule has 2 atom stereocenters. The van der Waals surface area contributed by atoms with Crippen molar-refractivity contribution in [2.24, 2.45) is 0 Å². The Kier molecular flexibility index (Phi) is 4.52. The molecule has 0 amide bonds. The molecule has 1 aliphatic rings. The Balaban J connectivity index is 0.000000640. The van der Waals surface area contributed by atoms with Crippen LogP contribution < -0.4 is 18.9 Å². The summed E-state index contributed by atoms with van der Waals surface area (Å²) >= 11 is 0. The molecule has 1 aliphatic carbocycles. The molecule has 0 nitrogen and oxygen atoms in total. The van der Waals surface area contributed by atoms with Gasteiger partial charge in [-0.25, -0.2) is 0 Å². The van der Waals surface area contributed by atoms with Crippen molar-refractivity contribution in [2.75, 3.05) is 0 Å². The molecule has 0 saturated heterocycles. The van der Waals surface area contributed by atoms with Crippen LogP contribution in [0.2, 0.25) is 0 Å². The molecule has 0 radical (unpaired) electrons. The summed E-state index contributed by atoms with van der Waals surface area (Å²) in [7, 11) is 0. The Hall–Kier alpha value is 0.457. The normalized spacial score (nSPS) is 35.3. The van der Waals surface area contributed by atoms with Crippen LogP contribution in [0.1, 0.15) is 19.3 Å². The molecule has 1 saturated carbocycles. The van der Waals surface area contributed by atoms with E-state index >= 15 is 0 Å². The third-order valence-corrected chi connectivity index (χ3v) is 1.40. The predicted molar refractivity (Wildman–Crippen MR) is 27.9 cm³/mol.